The van der Waals surface area contributed by atoms with Gasteiger partial charge in [-0.05, 0) is 30.3 Å². The van der Waals surface area contributed by atoms with Crippen molar-refractivity contribution in [2.45, 2.75) is 19.9 Å². The highest BCUT2D eigenvalue weighted by Crippen LogP contribution is 2.15. The molecule has 0 saturated carbocycles. The highest BCUT2D eigenvalue weighted by atomic mass is 35.5. The number of carboxylic acid groups (broad SMARTS) is 1. The van der Waals surface area contributed by atoms with Crippen molar-refractivity contribution >= 4 is 17.6 Å². The lowest BCUT2D eigenvalue weighted by Gasteiger charge is -2.19. The van der Waals surface area contributed by atoms with Crippen molar-refractivity contribution in [3.63, 3.8) is 0 Å². The number of hydrogen-bond acceptors (Lipinski definition) is 2. The van der Waals surface area contributed by atoms with E-state index in [-0.39, 0.29) is 12.2 Å². The first-order valence-corrected chi connectivity index (χ1v) is 5.78. The van der Waals surface area contributed by atoms with Gasteiger partial charge in [0.1, 0.15) is 5.82 Å². The standard InChI is InChI=1S/C12H15ClFNO2/c1-2-15(4-3-12(16)17)8-9-5-10(13)7-11(14)6-9/h5-7H,2-4,8H2,1H3,(H,16,17). The second kappa shape index (κ2) is 6.57. The summed E-state index contributed by atoms with van der Waals surface area (Å²) >= 11 is 5.75. The molecular formula is C12H15ClFNO2. The topological polar surface area (TPSA) is 40.5 Å². The second-order valence-electron chi connectivity index (χ2n) is 3.79. The van der Waals surface area contributed by atoms with E-state index in [4.69, 9.17) is 16.7 Å². The molecule has 0 heterocycles. The van der Waals surface area contributed by atoms with Crippen LogP contribution in [0.1, 0.15) is 18.9 Å². The minimum absolute atomic E-state index is 0.0802. The van der Waals surface area contributed by atoms with Gasteiger partial charge in [0, 0.05) is 18.1 Å². The predicted octanol–water partition coefficient (Wildman–Crippen LogP) is 2.78. The Bertz CT molecular complexity index is 378. The van der Waals surface area contributed by atoms with Gasteiger partial charge in [0.25, 0.3) is 0 Å². The molecule has 1 N–H and O–H groups in total. The van der Waals surface area contributed by atoms with Gasteiger partial charge < -0.3 is 5.11 Å². The molecule has 94 valence electrons. The van der Waals surface area contributed by atoms with Crippen LogP contribution in [0.5, 0.6) is 0 Å². The number of carbonyl (C=O) groups is 1. The Labute approximate surface area is 105 Å². The molecule has 0 spiro atoms. The van der Waals surface area contributed by atoms with E-state index in [0.717, 1.165) is 5.56 Å². The number of halogens is 2. The molecule has 0 aliphatic heterocycles. The van der Waals surface area contributed by atoms with Gasteiger partial charge in [-0.3, -0.25) is 9.69 Å². The van der Waals surface area contributed by atoms with Crippen molar-refractivity contribution in [1.82, 2.24) is 4.90 Å². The smallest absolute Gasteiger partial charge is 0.304 e. The van der Waals surface area contributed by atoms with Crippen molar-refractivity contribution in [2.24, 2.45) is 0 Å². The molecule has 0 fully saturated rings. The maximum absolute atomic E-state index is 13.1. The predicted molar refractivity (Wildman–Crippen MR) is 64.6 cm³/mol. The summed E-state index contributed by atoms with van der Waals surface area (Å²) in [7, 11) is 0. The van der Waals surface area contributed by atoms with Gasteiger partial charge in [-0.1, -0.05) is 18.5 Å². The number of benzene rings is 1. The quantitative estimate of drug-likeness (QED) is 0.854. The fraction of sp³-hybridized carbons (Fsp3) is 0.417. The van der Waals surface area contributed by atoms with Crippen LogP contribution in [0.2, 0.25) is 5.02 Å². The van der Waals surface area contributed by atoms with Gasteiger partial charge in [0.15, 0.2) is 0 Å². The Hall–Kier alpha value is -1.13. The van der Waals surface area contributed by atoms with E-state index < -0.39 is 5.97 Å². The first-order valence-electron chi connectivity index (χ1n) is 5.40. The van der Waals surface area contributed by atoms with Gasteiger partial charge in [-0.25, -0.2) is 4.39 Å². The normalized spacial score (nSPS) is 10.8. The van der Waals surface area contributed by atoms with Crippen LogP contribution in [0.4, 0.5) is 4.39 Å². The molecule has 0 radical (unpaired) electrons. The lowest BCUT2D eigenvalue weighted by atomic mass is 10.2. The van der Waals surface area contributed by atoms with E-state index in [1.165, 1.54) is 12.1 Å². The summed E-state index contributed by atoms with van der Waals surface area (Å²) in [5.74, 6) is -1.21. The minimum Gasteiger partial charge on any atom is -0.481 e. The van der Waals surface area contributed by atoms with E-state index in [0.29, 0.717) is 24.7 Å². The van der Waals surface area contributed by atoms with Gasteiger partial charge in [0.05, 0.1) is 6.42 Å². The van der Waals surface area contributed by atoms with Crippen molar-refractivity contribution in [2.75, 3.05) is 13.1 Å². The van der Waals surface area contributed by atoms with Crippen LogP contribution in [-0.4, -0.2) is 29.1 Å². The molecule has 1 aromatic rings. The number of carboxylic acids is 1. The van der Waals surface area contributed by atoms with E-state index in [9.17, 15) is 9.18 Å². The maximum atomic E-state index is 13.1. The fourth-order valence-corrected chi connectivity index (χ4v) is 1.81. The van der Waals surface area contributed by atoms with Crippen molar-refractivity contribution in [3.8, 4) is 0 Å². The monoisotopic (exact) mass is 259 g/mol. The zero-order valence-electron chi connectivity index (χ0n) is 9.62. The summed E-state index contributed by atoms with van der Waals surface area (Å²) < 4.78 is 13.1. The number of aliphatic carboxylic acids is 1. The largest absolute Gasteiger partial charge is 0.481 e. The summed E-state index contributed by atoms with van der Waals surface area (Å²) in [6.45, 7) is 3.59. The van der Waals surface area contributed by atoms with Crippen LogP contribution in [0.3, 0.4) is 0 Å². The molecule has 1 rings (SSSR count). The third-order valence-corrected chi connectivity index (χ3v) is 2.64. The van der Waals surface area contributed by atoms with Gasteiger partial charge in [-0.2, -0.15) is 0 Å². The molecule has 1 aromatic carbocycles. The van der Waals surface area contributed by atoms with E-state index >= 15 is 0 Å². The van der Waals surface area contributed by atoms with E-state index in [2.05, 4.69) is 0 Å². The molecule has 0 aliphatic rings. The molecule has 5 heteroatoms. The van der Waals surface area contributed by atoms with Crippen molar-refractivity contribution in [1.29, 1.82) is 0 Å². The Morgan fingerprint density at radius 1 is 1.47 bits per heavy atom. The molecule has 3 nitrogen and oxygen atoms in total. The Balaban J connectivity index is 2.63. The molecule has 0 atom stereocenters. The lowest BCUT2D eigenvalue weighted by molar-refractivity contribution is -0.137. The lowest BCUT2D eigenvalue weighted by Crippen LogP contribution is -2.25. The van der Waals surface area contributed by atoms with Crippen LogP contribution in [0.25, 0.3) is 0 Å². The fourth-order valence-electron chi connectivity index (χ4n) is 1.56. The van der Waals surface area contributed by atoms with Gasteiger partial charge in [-0.15, -0.1) is 0 Å². The molecule has 0 unspecified atom stereocenters. The molecule has 0 aromatic heterocycles. The molecule has 0 amide bonds. The zero-order valence-corrected chi connectivity index (χ0v) is 10.4. The summed E-state index contributed by atoms with van der Waals surface area (Å²) in [4.78, 5) is 12.4. The summed E-state index contributed by atoms with van der Waals surface area (Å²) in [6, 6.07) is 4.35. The van der Waals surface area contributed by atoms with Crippen LogP contribution < -0.4 is 0 Å². The van der Waals surface area contributed by atoms with Crippen molar-refractivity contribution in [3.05, 3.63) is 34.6 Å². The van der Waals surface area contributed by atoms with E-state index in [1.807, 2.05) is 11.8 Å². The third-order valence-electron chi connectivity index (χ3n) is 2.42. The second-order valence-corrected chi connectivity index (χ2v) is 4.23. The van der Waals surface area contributed by atoms with Gasteiger partial charge >= 0.3 is 5.97 Å². The van der Waals surface area contributed by atoms with Crippen molar-refractivity contribution < 1.29 is 14.3 Å². The average Bonchev–Trinajstić information content (AvgIpc) is 2.22. The Kier molecular flexibility index (Phi) is 5.38. The highest BCUT2D eigenvalue weighted by molar-refractivity contribution is 6.30. The van der Waals surface area contributed by atoms with Crippen LogP contribution >= 0.6 is 11.6 Å². The molecule has 17 heavy (non-hydrogen) atoms. The Morgan fingerprint density at radius 2 is 2.18 bits per heavy atom. The van der Waals surface area contributed by atoms with Crippen LogP contribution in [-0.2, 0) is 11.3 Å². The molecule has 0 bridgehead atoms. The Morgan fingerprint density at radius 3 is 2.71 bits per heavy atom. The first-order chi connectivity index (χ1) is 8.01. The summed E-state index contributed by atoms with van der Waals surface area (Å²) in [5.41, 5.74) is 0.752. The SMILES string of the molecule is CCN(CCC(=O)O)Cc1cc(F)cc(Cl)c1. The third kappa shape index (κ3) is 5.15. The molecular weight excluding hydrogens is 245 g/mol. The minimum atomic E-state index is -0.833. The van der Waals surface area contributed by atoms with E-state index in [1.54, 1.807) is 6.07 Å². The number of hydrogen-bond donors (Lipinski definition) is 1. The van der Waals surface area contributed by atoms with Crippen LogP contribution in [0, 0.1) is 5.82 Å². The maximum Gasteiger partial charge on any atom is 0.304 e. The number of nitrogens with zero attached hydrogens (tertiary/aromatic N) is 1. The zero-order chi connectivity index (χ0) is 12.8. The average molecular weight is 260 g/mol. The molecule has 0 saturated heterocycles. The highest BCUT2D eigenvalue weighted by Gasteiger charge is 2.07. The summed E-state index contributed by atoms with van der Waals surface area (Å²) in [6.07, 6.45) is 0.0802. The number of rotatable bonds is 6. The van der Waals surface area contributed by atoms with Crippen LogP contribution in [0.15, 0.2) is 18.2 Å². The summed E-state index contributed by atoms with van der Waals surface area (Å²) in [5, 5.41) is 8.96. The molecule has 0 aliphatic carbocycles. The first kappa shape index (κ1) is 13.9. The van der Waals surface area contributed by atoms with Gasteiger partial charge in [0.2, 0.25) is 0 Å².